The smallest absolute Gasteiger partial charge is 0.106 e. The van der Waals surface area contributed by atoms with E-state index < -0.39 is 0 Å². The summed E-state index contributed by atoms with van der Waals surface area (Å²) in [6.45, 7) is 1.92. The minimum absolute atomic E-state index is 0.916. The van der Waals surface area contributed by atoms with E-state index in [1.807, 2.05) is 6.20 Å². The predicted octanol–water partition coefficient (Wildman–Crippen LogP) is 3.29. The zero-order chi connectivity index (χ0) is 13.6. The van der Waals surface area contributed by atoms with Crippen molar-refractivity contribution in [3.05, 3.63) is 66.2 Å². The first-order chi connectivity index (χ1) is 9.93. The molecule has 3 nitrogen and oxygen atoms in total. The molecule has 0 fully saturated rings. The largest absolute Gasteiger partial charge is 0.349 e. The van der Waals surface area contributed by atoms with Gasteiger partial charge in [-0.15, -0.1) is 0 Å². The van der Waals surface area contributed by atoms with E-state index in [-0.39, 0.29) is 0 Å². The molecule has 3 rings (SSSR count). The van der Waals surface area contributed by atoms with Gasteiger partial charge in [0.2, 0.25) is 0 Å². The molecular formula is C17H19N3. The third-order valence-electron chi connectivity index (χ3n) is 3.52. The molecule has 0 radical (unpaired) electrons. The fourth-order valence-electron chi connectivity index (χ4n) is 2.49. The monoisotopic (exact) mass is 265 g/mol. The number of aromatic nitrogens is 2. The molecule has 2 N–H and O–H groups in total. The number of hydrogen-bond donors (Lipinski definition) is 2. The van der Waals surface area contributed by atoms with E-state index in [1.165, 1.54) is 16.3 Å². The van der Waals surface area contributed by atoms with Crippen LogP contribution in [-0.2, 0) is 13.0 Å². The van der Waals surface area contributed by atoms with Crippen LogP contribution in [0.1, 0.15) is 17.8 Å². The van der Waals surface area contributed by atoms with Crippen molar-refractivity contribution >= 4 is 10.8 Å². The Balaban J connectivity index is 1.52. The summed E-state index contributed by atoms with van der Waals surface area (Å²) in [6.07, 6.45) is 5.77. The quantitative estimate of drug-likeness (QED) is 0.671. The maximum absolute atomic E-state index is 4.23. The average molecular weight is 265 g/mol. The van der Waals surface area contributed by atoms with Gasteiger partial charge in [-0.2, -0.15) is 0 Å². The van der Waals surface area contributed by atoms with Gasteiger partial charge >= 0.3 is 0 Å². The van der Waals surface area contributed by atoms with Crippen LogP contribution in [-0.4, -0.2) is 16.5 Å². The maximum Gasteiger partial charge on any atom is 0.106 e. The van der Waals surface area contributed by atoms with Gasteiger partial charge in [-0.25, -0.2) is 4.98 Å². The van der Waals surface area contributed by atoms with Gasteiger partial charge in [-0.05, 0) is 29.3 Å². The van der Waals surface area contributed by atoms with Gasteiger partial charge < -0.3 is 10.3 Å². The molecule has 0 atom stereocenters. The van der Waals surface area contributed by atoms with E-state index in [0.717, 1.165) is 31.8 Å². The Bertz CT molecular complexity index is 654. The summed E-state index contributed by atoms with van der Waals surface area (Å²) >= 11 is 0. The molecule has 0 spiro atoms. The summed E-state index contributed by atoms with van der Waals surface area (Å²) in [5.74, 6) is 1.07. The van der Waals surface area contributed by atoms with Gasteiger partial charge in [0, 0.05) is 25.4 Å². The second kappa shape index (κ2) is 6.35. The van der Waals surface area contributed by atoms with E-state index >= 15 is 0 Å². The van der Waals surface area contributed by atoms with Gasteiger partial charge in [0.05, 0.1) is 0 Å². The normalized spacial score (nSPS) is 11.0. The number of H-pyrrole nitrogens is 1. The third kappa shape index (κ3) is 3.06. The van der Waals surface area contributed by atoms with E-state index in [2.05, 4.69) is 57.7 Å². The van der Waals surface area contributed by atoms with Gasteiger partial charge in [-0.1, -0.05) is 42.5 Å². The molecule has 3 aromatic rings. The third-order valence-corrected chi connectivity index (χ3v) is 3.52. The molecule has 1 aromatic heterocycles. The summed E-state index contributed by atoms with van der Waals surface area (Å²) in [4.78, 5) is 7.36. The fraction of sp³-hybridized carbons (Fsp3) is 0.235. The highest BCUT2D eigenvalue weighted by atomic mass is 14.9. The summed E-state index contributed by atoms with van der Waals surface area (Å²) in [7, 11) is 0. The number of nitrogens with zero attached hydrogens (tertiary/aromatic N) is 1. The minimum Gasteiger partial charge on any atom is -0.349 e. The van der Waals surface area contributed by atoms with Crippen molar-refractivity contribution in [1.29, 1.82) is 0 Å². The summed E-state index contributed by atoms with van der Waals surface area (Å²) in [5.41, 5.74) is 1.36. The molecule has 0 unspecified atom stereocenters. The van der Waals surface area contributed by atoms with Crippen LogP contribution in [0.5, 0.6) is 0 Å². The highest BCUT2D eigenvalue weighted by molar-refractivity contribution is 5.85. The molecule has 3 heteroatoms. The molecule has 0 aliphatic heterocycles. The molecule has 0 amide bonds. The summed E-state index contributed by atoms with van der Waals surface area (Å²) in [6, 6.07) is 15.0. The van der Waals surface area contributed by atoms with Crippen molar-refractivity contribution in [1.82, 2.24) is 15.3 Å². The second-order valence-corrected chi connectivity index (χ2v) is 4.95. The zero-order valence-electron chi connectivity index (χ0n) is 11.5. The lowest BCUT2D eigenvalue weighted by atomic mass is 10.0. The Morgan fingerprint density at radius 1 is 1.05 bits per heavy atom. The molecule has 20 heavy (non-hydrogen) atoms. The molecule has 1 heterocycles. The van der Waals surface area contributed by atoms with Crippen molar-refractivity contribution in [3.8, 4) is 0 Å². The first-order valence-electron chi connectivity index (χ1n) is 7.09. The first kappa shape index (κ1) is 12.9. The lowest BCUT2D eigenvalue weighted by Crippen LogP contribution is -2.15. The topological polar surface area (TPSA) is 40.7 Å². The highest BCUT2D eigenvalue weighted by Gasteiger charge is 2.00. The first-order valence-corrected chi connectivity index (χ1v) is 7.09. The van der Waals surface area contributed by atoms with Gasteiger partial charge in [0.15, 0.2) is 0 Å². The second-order valence-electron chi connectivity index (χ2n) is 4.95. The van der Waals surface area contributed by atoms with Gasteiger partial charge in [0.1, 0.15) is 5.82 Å². The molecule has 0 saturated carbocycles. The zero-order valence-corrected chi connectivity index (χ0v) is 11.5. The molecular weight excluding hydrogens is 246 g/mol. The standard InChI is InChI=1S/C17H19N3/c1-2-8-16-14(5-1)6-3-7-15(16)13-18-10-4-9-17-19-11-12-20-17/h1-3,5-8,11-12,18H,4,9-10,13H2,(H,19,20). The summed E-state index contributed by atoms with van der Waals surface area (Å²) < 4.78 is 0. The Hall–Kier alpha value is -2.13. The van der Waals surface area contributed by atoms with Crippen molar-refractivity contribution in [2.24, 2.45) is 0 Å². The predicted molar refractivity (Wildman–Crippen MR) is 82.6 cm³/mol. The van der Waals surface area contributed by atoms with Crippen molar-refractivity contribution in [3.63, 3.8) is 0 Å². The van der Waals surface area contributed by atoms with E-state index in [9.17, 15) is 0 Å². The highest BCUT2D eigenvalue weighted by Crippen LogP contribution is 2.18. The lowest BCUT2D eigenvalue weighted by molar-refractivity contribution is 0.643. The number of rotatable bonds is 6. The van der Waals surface area contributed by atoms with Crippen LogP contribution in [0.3, 0.4) is 0 Å². The maximum atomic E-state index is 4.23. The van der Waals surface area contributed by atoms with Crippen molar-refractivity contribution in [2.45, 2.75) is 19.4 Å². The number of aryl methyl sites for hydroxylation is 1. The van der Waals surface area contributed by atoms with E-state index in [4.69, 9.17) is 0 Å². The molecule has 102 valence electrons. The number of fused-ring (bicyclic) bond motifs is 1. The van der Waals surface area contributed by atoms with Crippen LogP contribution in [0.4, 0.5) is 0 Å². The molecule has 0 aliphatic rings. The number of hydrogen-bond acceptors (Lipinski definition) is 2. The van der Waals surface area contributed by atoms with Crippen LogP contribution in [0.25, 0.3) is 10.8 Å². The molecule has 2 aromatic carbocycles. The van der Waals surface area contributed by atoms with Crippen molar-refractivity contribution in [2.75, 3.05) is 6.54 Å². The van der Waals surface area contributed by atoms with Crippen molar-refractivity contribution < 1.29 is 0 Å². The number of nitrogens with one attached hydrogen (secondary N) is 2. The minimum atomic E-state index is 0.916. The lowest BCUT2D eigenvalue weighted by Gasteiger charge is -2.08. The Morgan fingerprint density at radius 3 is 2.85 bits per heavy atom. The fourth-order valence-corrected chi connectivity index (χ4v) is 2.49. The number of imidazole rings is 1. The Labute approximate surface area is 119 Å². The molecule has 0 bridgehead atoms. The van der Waals surface area contributed by atoms with Crippen LogP contribution >= 0.6 is 0 Å². The van der Waals surface area contributed by atoms with Crippen LogP contribution < -0.4 is 5.32 Å². The average Bonchev–Trinajstić information content (AvgIpc) is 3.00. The van der Waals surface area contributed by atoms with Crippen LogP contribution in [0, 0.1) is 0 Å². The SMILES string of the molecule is c1ccc2c(CNCCCc3ncc[nH]3)cccc2c1. The van der Waals surface area contributed by atoms with E-state index in [0.29, 0.717) is 0 Å². The van der Waals surface area contributed by atoms with E-state index in [1.54, 1.807) is 6.20 Å². The summed E-state index contributed by atoms with van der Waals surface area (Å²) in [5, 5.41) is 6.16. The van der Waals surface area contributed by atoms with Crippen LogP contribution in [0.15, 0.2) is 54.9 Å². The molecule has 0 aliphatic carbocycles. The van der Waals surface area contributed by atoms with Crippen LogP contribution in [0.2, 0.25) is 0 Å². The number of benzene rings is 2. The molecule has 0 saturated heterocycles. The number of aromatic amines is 1. The van der Waals surface area contributed by atoms with Gasteiger partial charge in [0.25, 0.3) is 0 Å². The van der Waals surface area contributed by atoms with Gasteiger partial charge in [-0.3, -0.25) is 0 Å². The Morgan fingerprint density at radius 2 is 1.95 bits per heavy atom. The Kier molecular flexibility index (Phi) is 4.09.